The average Bonchev–Trinajstić information content (AvgIpc) is 3.32. The fourth-order valence-electron chi connectivity index (χ4n) is 3.87. The molecule has 3 aromatic rings. The molecule has 1 aliphatic rings. The van der Waals surface area contributed by atoms with Crippen LogP contribution in [0.5, 0.6) is 11.6 Å². The van der Waals surface area contributed by atoms with Crippen molar-refractivity contribution in [1.29, 1.82) is 0 Å². The molecule has 0 fully saturated rings. The highest BCUT2D eigenvalue weighted by molar-refractivity contribution is 6.10. The standard InChI is InChI=1S/C22H22F3N5O3/c1-5-14-8-18(28-30(14)11-22(23,24)25)29-10-16-19(21(29)31)12(2)6-15(27-16)13-7-17(32-3)20(33-4)26-9-13/h6-9H,5,10-11H2,1-4H3. The normalized spacial score (nSPS) is 13.4. The van der Waals surface area contributed by atoms with Crippen LogP contribution in [0.4, 0.5) is 19.0 Å². The van der Waals surface area contributed by atoms with Crippen LogP contribution < -0.4 is 14.4 Å². The number of aryl methyl sites for hydroxylation is 2. The van der Waals surface area contributed by atoms with Gasteiger partial charge in [0.25, 0.3) is 11.8 Å². The Labute approximate surface area is 188 Å². The first-order chi connectivity index (χ1) is 15.6. The predicted octanol–water partition coefficient (Wildman–Crippen LogP) is 3.95. The molecule has 3 aromatic heterocycles. The summed E-state index contributed by atoms with van der Waals surface area (Å²) in [7, 11) is 2.99. The number of aromatic nitrogens is 4. The zero-order valence-corrected chi connectivity index (χ0v) is 18.5. The van der Waals surface area contributed by atoms with E-state index in [1.807, 2.05) is 0 Å². The molecule has 4 rings (SSSR count). The lowest BCUT2D eigenvalue weighted by Crippen LogP contribution is -2.25. The van der Waals surface area contributed by atoms with Crippen molar-refractivity contribution < 1.29 is 27.4 Å². The molecule has 174 valence electrons. The number of hydrogen-bond donors (Lipinski definition) is 0. The van der Waals surface area contributed by atoms with Gasteiger partial charge in [-0.15, -0.1) is 0 Å². The van der Waals surface area contributed by atoms with E-state index < -0.39 is 12.7 Å². The fourth-order valence-corrected chi connectivity index (χ4v) is 3.87. The Morgan fingerprint density at radius 1 is 1.15 bits per heavy atom. The lowest BCUT2D eigenvalue weighted by molar-refractivity contribution is -0.143. The van der Waals surface area contributed by atoms with Gasteiger partial charge < -0.3 is 9.47 Å². The van der Waals surface area contributed by atoms with Gasteiger partial charge in [-0.2, -0.15) is 18.3 Å². The fraction of sp³-hybridized carbons (Fsp3) is 0.364. The summed E-state index contributed by atoms with van der Waals surface area (Å²) in [6.45, 7) is 2.43. The molecule has 0 atom stereocenters. The maximum atomic E-state index is 13.1. The molecule has 0 saturated carbocycles. The van der Waals surface area contributed by atoms with E-state index in [9.17, 15) is 18.0 Å². The molecule has 0 radical (unpaired) electrons. The van der Waals surface area contributed by atoms with Crippen molar-refractivity contribution in [1.82, 2.24) is 19.7 Å². The molecule has 0 N–H and O–H groups in total. The summed E-state index contributed by atoms with van der Waals surface area (Å²) in [6.07, 6.45) is -2.46. The molecule has 1 amide bonds. The summed E-state index contributed by atoms with van der Waals surface area (Å²) in [5.41, 5.74) is 3.30. The molecule has 0 aromatic carbocycles. The minimum absolute atomic E-state index is 0.107. The van der Waals surface area contributed by atoms with Gasteiger partial charge in [0.05, 0.1) is 37.7 Å². The SMILES string of the molecule is CCc1cc(N2Cc3nc(-c4cnc(OC)c(OC)c4)cc(C)c3C2=O)nn1CC(F)(F)F. The smallest absolute Gasteiger partial charge is 0.408 e. The van der Waals surface area contributed by atoms with Gasteiger partial charge in [-0.3, -0.25) is 19.4 Å². The Bertz CT molecular complexity index is 1220. The second-order valence-electron chi connectivity index (χ2n) is 7.59. The zero-order valence-electron chi connectivity index (χ0n) is 18.5. The number of fused-ring (bicyclic) bond motifs is 1. The maximum absolute atomic E-state index is 13.1. The number of nitrogens with zero attached hydrogens (tertiary/aromatic N) is 5. The molecule has 4 heterocycles. The van der Waals surface area contributed by atoms with Crippen LogP contribution in [-0.2, 0) is 19.5 Å². The Hall–Kier alpha value is -3.63. The Morgan fingerprint density at radius 3 is 2.55 bits per heavy atom. The number of ether oxygens (including phenoxy) is 2. The molecule has 33 heavy (non-hydrogen) atoms. The van der Waals surface area contributed by atoms with E-state index in [1.165, 1.54) is 25.2 Å². The van der Waals surface area contributed by atoms with Crippen LogP contribution in [0.15, 0.2) is 24.4 Å². The quantitative estimate of drug-likeness (QED) is 0.553. The summed E-state index contributed by atoms with van der Waals surface area (Å²) in [5, 5.41) is 4.07. The van der Waals surface area contributed by atoms with E-state index in [4.69, 9.17) is 9.47 Å². The van der Waals surface area contributed by atoms with Crippen molar-refractivity contribution >= 4 is 11.7 Å². The first-order valence-corrected chi connectivity index (χ1v) is 10.2. The minimum Gasteiger partial charge on any atom is -0.491 e. The number of amides is 1. The third-order valence-corrected chi connectivity index (χ3v) is 5.40. The van der Waals surface area contributed by atoms with Crippen molar-refractivity contribution in [2.24, 2.45) is 0 Å². The largest absolute Gasteiger partial charge is 0.491 e. The molecule has 0 spiro atoms. The number of methoxy groups -OCH3 is 2. The zero-order chi connectivity index (χ0) is 23.9. The number of anilines is 1. The molecule has 0 aliphatic carbocycles. The van der Waals surface area contributed by atoms with Gasteiger partial charge in [-0.1, -0.05) is 6.92 Å². The Balaban J connectivity index is 1.69. The van der Waals surface area contributed by atoms with Crippen LogP contribution in [-0.4, -0.2) is 46.1 Å². The number of alkyl halides is 3. The van der Waals surface area contributed by atoms with Crippen LogP contribution in [0.1, 0.15) is 34.2 Å². The number of carbonyl (C=O) groups excluding carboxylic acids is 1. The van der Waals surface area contributed by atoms with E-state index in [2.05, 4.69) is 15.1 Å². The van der Waals surface area contributed by atoms with Crippen LogP contribution in [0, 0.1) is 6.92 Å². The number of pyridine rings is 2. The lowest BCUT2D eigenvalue weighted by Gasteiger charge is -2.12. The second-order valence-corrected chi connectivity index (χ2v) is 7.59. The van der Waals surface area contributed by atoms with E-state index in [1.54, 1.807) is 32.2 Å². The molecule has 0 bridgehead atoms. The van der Waals surface area contributed by atoms with Crippen molar-refractivity contribution in [3.8, 4) is 22.9 Å². The van der Waals surface area contributed by atoms with Gasteiger partial charge in [0.15, 0.2) is 11.6 Å². The minimum atomic E-state index is -4.41. The van der Waals surface area contributed by atoms with Crippen LogP contribution in [0.2, 0.25) is 0 Å². The summed E-state index contributed by atoms with van der Waals surface area (Å²) in [5.74, 6) is 0.607. The predicted molar refractivity (Wildman–Crippen MR) is 113 cm³/mol. The van der Waals surface area contributed by atoms with Crippen molar-refractivity contribution in [3.05, 3.63) is 46.9 Å². The summed E-state index contributed by atoms with van der Waals surface area (Å²) in [6, 6.07) is 5.02. The topological polar surface area (TPSA) is 82.4 Å². The Kier molecular flexibility index (Phi) is 5.73. The highest BCUT2D eigenvalue weighted by atomic mass is 19.4. The van der Waals surface area contributed by atoms with E-state index in [-0.39, 0.29) is 18.3 Å². The molecule has 8 nitrogen and oxygen atoms in total. The van der Waals surface area contributed by atoms with Crippen molar-refractivity contribution in [2.45, 2.75) is 39.5 Å². The third-order valence-electron chi connectivity index (χ3n) is 5.40. The van der Waals surface area contributed by atoms with E-state index in [0.717, 1.165) is 4.68 Å². The van der Waals surface area contributed by atoms with E-state index in [0.29, 0.717) is 51.8 Å². The molecule has 0 saturated heterocycles. The van der Waals surface area contributed by atoms with Gasteiger partial charge in [0.1, 0.15) is 6.54 Å². The van der Waals surface area contributed by atoms with E-state index >= 15 is 0 Å². The van der Waals surface area contributed by atoms with Crippen LogP contribution in [0.25, 0.3) is 11.3 Å². The van der Waals surface area contributed by atoms with Gasteiger partial charge in [0, 0.05) is 23.5 Å². The number of hydrogen-bond acceptors (Lipinski definition) is 6. The summed E-state index contributed by atoms with van der Waals surface area (Å²) in [4.78, 5) is 23.3. The van der Waals surface area contributed by atoms with Crippen molar-refractivity contribution in [3.63, 3.8) is 0 Å². The highest BCUT2D eigenvalue weighted by Gasteiger charge is 2.35. The number of halogens is 3. The van der Waals surface area contributed by atoms with Gasteiger partial charge in [-0.25, -0.2) is 4.98 Å². The summed E-state index contributed by atoms with van der Waals surface area (Å²) >= 11 is 0. The van der Waals surface area contributed by atoms with Gasteiger partial charge >= 0.3 is 6.18 Å². The first-order valence-electron chi connectivity index (χ1n) is 10.2. The summed E-state index contributed by atoms with van der Waals surface area (Å²) < 4.78 is 50.1. The van der Waals surface area contributed by atoms with Gasteiger partial charge in [-0.05, 0) is 31.0 Å². The number of carbonyl (C=O) groups is 1. The van der Waals surface area contributed by atoms with Crippen LogP contribution in [0.3, 0.4) is 0 Å². The Morgan fingerprint density at radius 2 is 1.91 bits per heavy atom. The monoisotopic (exact) mass is 461 g/mol. The third kappa shape index (κ3) is 4.22. The lowest BCUT2D eigenvalue weighted by atomic mass is 10.1. The molecular formula is C22H22F3N5O3. The second kappa shape index (κ2) is 8.38. The van der Waals surface area contributed by atoms with Crippen molar-refractivity contribution in [2.75, 3.05) is 19.1 Å². The van der Waals surface area contributed by atoms with Crippen LogP contribution >= 0.6 is 0 Å². The highest BCUT2D eigenvalue weighted by Crippen LogP contribution is 2.34. The molecule has 0 unspecified atom stereocenters. The molecule has 1 aliphatic heterocycles. The molecular weight excluding hydrogens is 439 g/mol. The first kappa shape index (κ1) is 22.6. The molecule has 11 heteroatoms. The van der Waals surface area contributed by atoms with Gasteiger partial charge in [0.2, 0.25) is 0 Å². The number of rotatable bonds is 6. The average molecular weight is 461 g/mol. The maximum Gasteiger partial charge on any atom is 0.408 e.